The van der Waals surface area contributed by atoms with Crippen LogP contribution < -0.4 is 16.0 Å². The fraction of sp³-hybridized carbons (Fsp3) is 0.357. The maximum Gasteiger partial charge on any atom is 0.323 e. The van der Waals surface area contributed by atoms with E-state index in [1.165, 1.54) is 19.1 Å². The highest BCUT2D eigenvalue weighted by Crippen LogP contribution is 2.18. The van der Waals surface area contributed by atoms with Gasteiger partial charge in [0.25, 0.3) is 0 Å². The number of nitrogens with zero attached hydrogens (tertiary/aromatic N) is 1. The summed E-state index contributed by atoms with van der Waals surface area (Å²) in [5.74, 6) is -2.56. The molecular weight excluding hydrogens is 274 g/mol. The van der Waals surface area contributed by atoms with Crippen molar-refractivity contribution in [2.75, 3.05) is 17.2 Å². The predicted molar refractivity (Wildman–Crippen MR) is 78.3 cm³/mol. The molecule has 7 nitrogen and oxygen atoms in total. The van der Waals surface area contributed by atoms with Gasteiger partial charge in [0.15, 0.2) is 0 Å². The van der Waals surface area contributed by atoms with Crippen molar-refractivity contribution < 1.29 is 19.5 Å². The molecule has 0 aromatic heterocycles. The quantitative estimate of drug-likeness (QED) is 0.535. The molecule has 1 rings (SSSR count). The Hall–Kier alpha value is -2.41. The number of carbonyl (C=O) groups excluding carboxylic acids is 3. The van der Waals surface area contributed by atoms with Gasteiger partial charge in [-0.15, -0.1) is 0 Å². The number of imide groups is 1. The Morgan fingerprint density at radius 3 is 2.52 bits per heavy atom. The van der Waals surface area contributed by atoms with Crippen LogP contribution in [0.3, 0.4) is 0 Å². The van der Waals surface area contributed by atoms with Crippen molar-refractivity contribution in [3.63, 3.8) is 0 Å². The standard InChI is InChI=1S/C14H19N3O4/c1-3-11(8-18)16-13(20)14(21)17(9(2)19)12-6-4-5-10(15)7-12/h4-7,11,18H,3,8,15H2,1-2H3,(H,16,20). The molecule has 0 saturated carbocycles. The summed E-state index contributed by atoms with van der Waals surface area (Å²) in [6.45, 7) is 2.65. The molecule has 0 bridgehead atoms. The number of hydrogen-bond donors (Lipinski definition) is 3. The zero-order valence-electron chi connectivity index (χ0n) is 12.0. The lowest BCUT2D eigenvalue weighted by Crippen LogP contribution is -2.49. The van der Waals surface area contributed by atoms with Gasteiger partial charge in [-0.1, -0.05) is 13.0 Å². The normalized spacial score (nSPS) is 11.6. The van der Waals surface area contributed by atoms with Crippen molar-refractivity contribution in [2.45, 2.75) is 26.3 Å². The van der Waals surface area contributed by atoms with Gasteiger partial charge in [-0.3, -0.25) is 14.4 Å². The first-order chi connectivity index (χ1) is 9.90. The summed E-state index contributed by atoms with van der Waals surface area (Å²) in [6, 6.07) is 5.58. The van der Waals surface area contributed by atoms with E-state index in [-0.39, 0.29) is 12.3 Å². The third kappa shape index (κ3) is 4.28. The maximum absolute atomic E-state index is 12.1. The van der Waals surface area contributed by atoms with Crippen LogP contribution in [0.4, 0.5) is 11.4 Å². The van der Waals surface area contributed by atoms with Gasteiger partial charge in [-0.05, 0) is 24.6 Å². The molecular formula is C14H19N3O4. The zero-order chi connectivity index (χ0) is 16.0. The summed E-state index contributed by atoms with van der Waals surface area (Å²) >= 11 is 0. The lowest BCUT2D eigenvalue weighted by Gasteiger charge is -2.20. The lowest BCUT2D eigenvalue weighted by molar-refractivity contribution is -0.140. The van der Waals surface area contributed by atoms with Gasteiger partial charge in [0.05, 0.1) is 18.3 Å². The molecule has 114 valence electrons. The first-order valence-electron chi connectivity index (χ1n) is 6.52. The second-order valence-corrected chi connectivity index (χ2v) is 4.52. The van der Waals surface area contributed by atoms with Gasteiger partial charge in [0.2, 0.25) is 5.91 Å². The molecule has 1 aromatic carbocycles. The summed E-state index contributed by atoms with van der Waals surface area (Å²) in [5.41, 5.74) is 6.20. The minimum absolute atomic E-state index is 0.222. The number of carbonyl (C=O) groups is 3. The number of nitrogen functional groups attached to an aromatic ring is 1. The number of rotatable bonds is 4. The Balaban J connectivity index is 2.98. The SMILES string of the molecule is CCC(CO)NC(=O)C(=O)N(C(C)=O)c1cccc(N)c1. The fourth-order valence-electron chi connectivity index (χ4n) is 1.73. The maximum atomic E-state index is 12.1. The summed E-state index contributed by atoms with van der Waals surface area (Å²) in [5, 5.41) is 11.4. The van der Waals surface area contributed by atoms with Crippen LogP contribution in [-0.2, 0) is 14.4 Å². The van der Waals surface area contributed by atoms with Gasteiger partial charge in [-0.2, -0.15) is 0 Å². The fourth-order valence-corrected chi connectivity index (χ4v) is 1.73. The van der Waals surface area contributed by atoms with Gasteiger partial charge in [-0.25, -0.2) is 4.90 Å². The Morgan fingerprint density at radius 1 is 1.38 bits per heavy atom. The molecule has 0 radical (unpaired) electrons. The highest BCUT2D eigenvalue weighted by atomic mass is 16.3. The Morgan fingerprint density at radius 2 is 2.05 bits per heavy atom. The van der Waals surface area contributed by atoms with Crippen LogP contribution in [0.25, 0.3) is 0 Å². The third-order valence-corrected chi connectivity index (χ3v) is 2.89. The second-order valence-electron chi connectivity index (χ2n) is 4.52. The van der Waals surface area contributed by atoms with Crippen LogP contribution in [0.2, 0.25) is 0 Å². The predicted octanol–water partition coefficient (Wildman–Crippen LogP) is 0.0354. The number of hydrogen-bond acceptors (Lipinski definition) is 5. The van der Waals surface area contributed by atoms with Crippen molar-refractivity contribution in [3.8, 4) is 0 Å². The molecule has 0 spiro atoms. The summed E-state index contributed by atoms with van der Waals surface area (Å²) in [4.78, 5) is 36.4. The van der Waals surface area contributed by atoms with Gasteiger partial charge in [0, 0.05) is 12.6 Å². The number of amides is 3. The van der Waals surface area contributed by atoms with Gasteiger partial charge in [0.1, 0.15) is 0 Å². The van der Waals surface area contributed by atoms with E-state index in [2.05, 4.69) is 5.32 Å². The summed E-state index contributed by atoms with van der Waals surface area (Å²) < 4.78 is 0. The Labute approximate surface area is 122 Å². The number of aliphatic hydroxyl groups excluding tert-OH is 1. The highest BCUT2D eigenvalue weighted by molar-refractivity contribution is 6.45. The lowest BCUT2D eigenvalue weighted by atomic mass is 10.2. The number of nitrogens with two attached hydrogens (primary N) is 1. The molecule has 0 aliphatic rings. The zero-order valence-corrected chi connectivity index (χ0v) is 12.0. The van der Waals surface area contributed by atoms with Crippen LogP contribution in [-0.4, -0.2) is 35.5 Å². The summed E-state index contributed by atoms with van der Waals surface area (Å²) in [6.07, 6.45) is 0.466. The second kappa shape index (κ2) is 7.39. The van der Waals surface area contributed by atoms with E-state index in [0.717, 1.165) is 4.90 Å². The molecule has 4 N–H and O–H groups in total. The summed E-state index contributed by atoms with van der Waals surface area (Å²) in [7, 11) is 0. The average molecular weight is 293 g/mol. The molecule has 0 fully saturated rings. The molecule has 0 heterocycles. The van der Waals surface area contributed by atoms with Crippen molar-refractivity contribution in [2.24, 2.45) is 0 Å². The molecule has 1 unspecified atom stereocenters. The molecule has 0 saturated heterocycles. The number of nitrogens with one attached hydrogen (secondary N) is 1. The van der Waals surface area contributed by atoms with E-state index in [0.29, 0.717) is 12.1 Å². The highest BCUT2D eigenvalue weighted by Gasteiger charge is 2.28. The van der Waals surface area contributed by atoms with E-state index in [1.807, 2.05) is 0 Å². The Bertz CT molecular complexity index is 541. The number of aliphatic hydroxyl groups is 1. The molecule has 0 aliphatic heterocycles. The largest absolute Gasteiger partial charge is 0.399 e. The Kier molecular flexibility index (Phi) is 5.86. The molecule has 7 heteroatoms. The molecule has 1 atom stereocenters. The molecule has 1 aromatic rings. The average Bonchev–Trinajstić information content (AvgIpc) is 2.44. The van der Waals surface area contributed by atoms with Crippen molar-refractivity contribution in [1.82, 2.24) is 5.32 Å². The first-order valence-corrected chi connectivity index (χ1v) is 6.52. The van der Waals surface area contributed by atoms with Crippen LogP contribution in [0, 0.1) is 0 Å². The molecule has 3 amide bonds. The van der Waals surface area contributed by atoms with E-state index < -0.39 is 23.8 Å². The number of anilines is 2. The monoisotopic (exact) mass is 293 g/mol. The van der Waals surface area contributed by atoms with Gasteiger partial charge >= 0.3 is 11.8 Å². The van der Waals surface area contributed by atoms with Crippen LogP contribution in [0.15, 0.2) is 24.3 Å². The smallest absolute Gasteiger partial charge is 0.323 e. The minimum atomic E-state index is -1.01. The molecule has 0 aliphatic carbocycles. The minimum Gasteiger partial charge on any atom is -0.399 e. The topological polar surface area (TPSA) is 113 Å². The van der Waals surface area contributed by atoms with Crippen molar-refractivity contribution >= 4 is 29.1 Å². The molecule has 21 heavy (non-hydrogen) atoms. The third-order valence-electron chi connectivity index (χ3n) is 2.89. The first kappa shape index (κ1) is 16.6. The van der Waals surface area contributed by atoms with Crippen LogP contribution in [0.1, 0.15) is 20.3 Å². The number of benzene rings is 1. The van der Waals surface area contributed by atoms with Gasteiger partial charge < -0.3 is 16.2 Å². The van der Waals surface area contributed by atoms with Crippen molar-refractivity contribution in [3.05, 3.63) is 24.3 Å². The van der Waals surface area contributed by atoms with E-state index >= 15 is 0 Å². The van der Waals surface area contributed by atoms with E-state index in [1.54, 1.807) is 19.1 Å². The van der Waals surface area contributed by atoms with E-state index in [4.69, 9.17) is 10.8 Å². The van der Waals surface area contributed by atoms with Crippen molar-refractivity contribution in [1.29, 1.82) is 0 Å². The van der Waals surface area contributed by atoms with Crippen LogP contribution in [0.5, 0.6) is 0 Å². The van der Waals surface area contributed by atoms with Crippen LogP contribution >= 0.6 is 0 Å². The van der Waals surface area contributed by atoms with E-state index in [9.17, 15) is 14.4 Å².